The highest BCUT2D eigenvalue weighted by Crippen LogP contribution is 2.50. The number of hydrogen-bond donors (Lipinski definition) is 1. The van der Waals surface area contributed by atoms with Gasteiger partial charge in [0.05, 0.1) is 11.2 Å². The summed E-state index contributed by atoms with van der Waals surface area (Å²) in [6, 6.07) is 0. The van der Waals surface area contributed by atoms with Gasteiger partial charge < -0.3 is 5.32 Å². The normalized spacial score (nSPS) is 32.3. The summed E-state index contributed by atoms with van der Waals surface area (Å²) in [6.45, 7) is 10.5. The lowest BCUT2D eigenvalue weighted by Gasteiger charge is -2.48. The minimum Gasteiger partial charge on any atom is -0.305 e. The summed E-state index contributed by atoms with van der Waals surface area (Å²) in [4.78, 5) is 6.62. The van der Waals surface area contributed by atoms with E-state index in [1.807, 2.05) is 11.3 Å². The van der Waals surface area contributed by atoms with Crippen LogP contribution in [0.4, 0.5) is 0 Å². The maximum absolute atomic E-state index is 5.06. The third kappa shape index (κ3) is 2.33. The Bertz CT molecular complexity index is 470. The van der Waals surface area contributed by atoms with Crippen LogP contribution in [0.3, 0.4) is 0 Å². The van der Waals surface area contributed by atoms with E-state index in [1.54, 1.807) is 4.88 Å². The van der Waals surface area contributed by atoms with Crippen LogP contribution in [0.2, 0.25) is 0 Å². The quantitative estimate of drug-likeness (QED) is 0.899. The summed E-state index contributed by atoms with van der Waals surface area (Å²) in [5.41, 5.74) is 2.02. The molecule has 112 valence electrons. The van der Waals surface area contributed by atoms with Crippen LogP contribution < -0.4 is 5.32 Å². The molecule has 0 spiro atoms. The monoisotopic (exact) mass is 292 g/mol. The van der Waals surface area contributed by atoms with Crippen molar-refractivity contribution in [3.8, 4) is 0 Å². The average Bonchev–Trinajstić information content (AvgIpc) is 2.93. The number of nitrogens with zero attached hydrogens (tertiary/aromatic N) is 1. The van der Waals surface area contributed by atoms with Gasteiger partial charge in [0.25, 0.3) is 0 Å². The first-order chi connectivity index (χ1) is 9.47. The van der Waals surface area contributed by atoms with Crippen molar-refractivity contribution in [1.82, 2.24) is 10.3 Å². The molecule has 0 saturated heterocycles. The molecular formula is C17H28N2S. The van der Waals surface area contributed by atoms with Crippen LogP contribution in [0.1, 0.15) is 69.0 Å². The molecular weight excluding hydrogens is 264 g/mol. The minimum absolute atomic E-state index is 0.138. The van der Waals surface area contributed by atoms with E-state index in [0.29, 0.717) is 11.3 Å². The van der Waals surface area contributed by atoms with Crippen LogP contribution in [0, 0.1) is 11.3 Å². The predicted octanol–water partition coefficient (Wildman–Crippen LogP) is 4.28. The Morgan fingerprint density at radius 3 is 2.75 bits per heavy atom. The third-order valence-electron chi connectivity index (χ3n) is 5.37. The van der Waals surface area contributed by atoms with Crippen molar-refractivity contribution in [2.75, 3.05) is 6.54 Å². The first-order valence-corrected chi connectivity index (χ1v) is 9.02. The van der Waals surface area contributed by atoms with Crippen molar-refractivity contribution in [2.45, 2.75) is 71.8 Å². The van der Waals surface area contributed by atoms with Gasteiger partial charge in [0.15, 0.2) is 0 Å². The van der Waals surface area contributed by atoms with Crippen LogP contribution in [0.15, 0.2) is 0 Å². The summed E-state index contributed by atoms with van der Waals surface area (Å²) in [5.74, 6) is 0.664. The third-order valence-corrected chi connectivity index (χ3v) is 6.70. The summed E-state index contributed by atoms with van der Waals surface area (Å²) < 4.78 is 0. The Hall–Kier alpha value is -0.410. The topological polar surface area (TPSA) is 24.9 Å². The first kappa shape index (κ1) is 14.5. The van der Waals surface area contributed by atoms with Crippen LogP contribution in [-0.2, 0) is 18.4 Å². The summed E-state index contributed by atoms with van der Waals surface area (Å²) in [7, 11) is 0. The standard InChI is InChI=1S/C17H28N2S/c1-5-18-17(10-9-16(3,4)11-12(17)2)15-19-13-7-6-8-14(13)20-15/h12,18H,5-11H2,1-4H3. The second-order valence-corrected chi connectivity index (χ2v) is 8.60. The molecule has 2 aliphatic rings. The Morgan fingerprint density at radius 2 is 2.10 bits per heavy atom. The van der Waals surface area contributed by atoms with E-state index in [-0.39, 0.29) is 5.54 Å². The molecule has 0 aliphatic heterocycles. The molecule has 2 atom stereocenters. The van der Waals surface area contributed by atoms with E-state index < -0.39 is 0 Å². The molecule has 2 unspecified atom stereocenters. The van der Waals surface area contributed by atoms with E-state index in [4.69, 9.17) is 4.98 Å². The molecule has 3 rings (SSSR count). The zero-order valence-corrected chi connectivity index (χ0v) is 14.2. The SMILES string of the molecule is CCNC1(c2nc3c(s2)CCC3)CCC(C)(C)CC1C. The van der Waals surface area contributed by atoms with Gasteiger partial charge in [-0.15, -0.1) is 11.3 Å². The van der Waals surface area contributed by atoms with Crippen molar-refractivity contribution in [1.29, 1.82) is 0 Å². The fraction of sp³-hybridized carbons (Fsp3) is 0.824. The Labute approximate surface area is 127 Å². The smallest absolute Gasteiger partial charge is 0.114 e. The Balaban J connectivity index is 1.95. The molecule has 1 heterocycles. The predicted molar refractivity (Wildman–Crippen MR) is 86.3 cm³/mol. The molecule has 0 bridgehead atoms. The molecule has 0 radical (unpaired) electrons. The fourth-order valence-corrected chi connectivity index (χ4v) is 5.70. The van der Waals surface area contributed by atoms with Crippen molar-refractivity contribution in [3.63, 3.8) is 0 Å². The second-order valence-electron chi connectivity index (χ2n) is 7.51. The van der Waals surface area contributed by atoms with Gasteiger partial charge in [-0.2, -0.15) is 0 Å². The highest BCUT2D eigenvalue weighted by Gasteiger charge is 2.46. The first-order valence-electron chi connectivity index (χ1n) is 8.21. The highest BCUT2D eigenvalue weighted by atomic mass is 32.1. The van der Waals surface area contributed by atoms with Gasteiger partial charge in [-0.1, -0.05) is 27.7 Å². The second kappa shape index (κ2) is 5.10. The van der Waals surface area contributed by atoms with Crippen molar-refractivity contribution in [2.24, 2.45) is 11.3 Å². The molecule has 1 saturated carbocycles. The number of thiazole rings is 1. The molecule has 3 heteroatoms. The van der Waals surface area contributed by atoms with Gasteiger partial charge in [0.1, 0.15) is 5.01 Å². The lowest BCUT2D eigenvalue weighted by molar-refractivity contribution is 0.0727. The van der Waals surface area contributed by atoms with E-state index in [9.17, 15) is 0 Å². The number of rotatable bonds is 3. The van der Waals surface area contributed by atoms with Crippen molar-refractivity contribution in [3.05, 3.63) is 15.6 Å². The van der Waals surface area contributed by atoms with Gasteiger partial charge in [-0.05, 0) is 56.4 Å². The largest absolute Gasteiger partial charge is 0.305 e. The molecule has 1 aromatic heterocycles. The van der Waals surface area contributed by atoms with Crippen molar-refractivity contribution < 1.29 is 0 Å². The molecule has 2 aliphatic carbocycles. The average molecular weight is 292 g/mol. The highest BCUT2D eigenvalue weighted by molar-refractivity contribution is 7.12. The van der Waals surface area contributed by atoms with E-state index in [0.717, 1.165) is 6.54 Å². The van der Waals surface area contributed by atoms with E-state index in [2.05, 4.69) is 33.0 Å². The number of nitrogens with one attached hydrogen (secondary N) is 1. The molecule has 20 heavy (non-hydrogen) atoms. The van der Waals surface area contributed by atoms with Gasteiger partial charge >= 0.3 is 0 Å². The summed E-state index contributed by atoms with van der Waals surface area (Å²) >= 11 is 2.00. The molecule has 0 amide bonds. The zero-order valence-electron chi connectivity index (χ0n) is 13.4. The maximum Gasteiger partial charge on any atom is 0.114 e. The summed E-state index contributed by atoms with van der Waals surface area (Å²) in [6.07, 6.45) is 7.61. The molecule has 1 N–H and O–H groups in total. The molecule has 2 nitrogen and oxygen atoms in total. The van der Waals surface area contributed by atoms with Gasteiger partial charge in [-0.3, -0.25) is 0 Å². The van der Waals surface area contributed by atoms with Gasteiger partial charge in [0, 0.05) is 4.88 Å². The Kier molecular flexibility index (Phi) is 3.70. The van der Waals surface area contributed by atoms with Crippen LogP contribution in [0.25, 0.3) is 0 Å². The van der Waals surface area contributed by atoms with Gasteiger partial charge in [-0.25, -0.2) is 4.98 Å². The number of aryl methyl sites for hydroxylation is 2. The molecule has 0 aromatic carbocycles. The van der Waals surface area contributed by atoms with E-state index >= 15 is 0 Å². The number of aromatic nitrogens is 1. The number of hydrogen-bond acceptors (Lipinski definition) is 3. The molecule has 1 aromatic rings. The van der Waals surface area contributed by atoms with Crippen LogP contribution in [-0.4, -0.2) is 11.5 Å². The summed E-state index contributed by atoms with van der Waals surface area (Å²) in [5, 5.41) is 5.22. The number of fused-ring (bicyclic) bond motifs is 1. The lowest BCUT2D eigenvalue weighted by Crippen LogP contribution is -2.52. The van der Waals surface area contributed by atoms with E-state index in [1.165, 1.54) is 49.2 Å². The molecule has 1 fully saturated rings. The van der Waals surface area contributed by atoms with Gasteiger partial charge in [0.2, 0.25) is 0 Å². The van der Waals surface area contributed by atoms with Crippen LogP contribution in [0.5, 0.6) is 0 Å². The minimum atomic E-state index is 0.138. The lowest BCUT2D eigenvalue weighted by atomic mass is 9.64. The Morgan fingerprint density at radius 1 is 1.30 bits per heavy atom. The van der Waals surface area contributed by atoms with Crippen molar-refractivity contribution >= 4 is 11.3 Å². The van der Waals surface area contributed by atoms with Crippen LogP contribution >= 0.6 is 11.3 Å². The fourth-order valence-electron chi connectivity index (χ4n) is 4.24. The maximum atomic E-state index is 5.06. The zero-order chi connectivity index (χ0) is 14.4.